The Kier molecular flexibility index (Phi) is 5.53. The molecule has 0 spiro atoms. The summed E-state index contributed by atoms with van der Waals surface area (Å²) in [7, 11) is 5.18. The third-order valence-electron chi connectivity index (χ3n) is 0.877. The monoisotopic (exact) mass is 159 g/mol. The fourth-order valence-corrected chi connectivity index (χ4v) is 1.09. The number of rotatable bonds is 5. The molecule has 0 saturated carbocycles. The molecule has 0 aromatic rings. The molecule has 1 atom stereocenters. The van der Waals surface area contributed by atoms with Crippen LogP contribution >= 0.6 is 11.8 Å². The van der Waals surface area contributed by atoms with E-state index in [4.69, 9.17) is 18.7 Å². The molecule has 5 heteroatoms. The number of aliphatic carboxylic acids is 1. The number of hydrogen-bond donors (Lipinski definition) is 2. The quantitative estimate of drug-likeness (QED) is 0.427. The minimum absolute atomic E-state index is 0.437. The molecule has 0 rings (SSSR count). The van der Waals surface area contributed by atoms with Gasteiger partial charge in [0, 0.05) is 5.75 Å². The lowest BCUT2D eigenvalue weighted by molar-refractivity contribution is -0.137. The maximum Gasteiger partial charge on any atom is 0.321 e. The fraction of sp³-hybridized carbons (Fsp3) is 0.800. The molecule has 0 saturated heterocycles. The summed E-state index contributed by atoms with van der Waals surface area (Å²) >= 11 is 1.46. The summed E-state index contributed by atoms with van der Waals surface area (Å²) in [6.07, 6.45) is 0.566. The van der Waals surface area contributed by atoms with Gasteiger partial charge in [-0.15, -0.1) is 0 Å². The van der Waals surface area contributed by atoms with Crippen LogP contribution < -0.4 is 5.73 Å². The van der Waals surface area contributed by atoms with Crippen molar-refractivity contribution in [3.8, 4) is 0 Å². The van der Waals surface area contributed by atoms with E-state index in [0.29, 0.717) is 12.1 Å². The van der Waals surface area contributed by atoms with Crippen LogP contribution in [-0.2, 0) is 4.79 Å². The molecule has 0 aliphatic carbocycles. The topological polar surface area (TPSA) is 63.3 Å². The predicted octanol–water partition coefficient (Wildman–Crippen LogP) is -0.282. The molecule has 0 aromatic carbocycles. The van der Waals surface area contributed by atoms with E-state index in [1.54, 1.807) is 0 Å². The Balaban J connectivity index is 3.21. The van der Waals surface area contributed by atoms with Crippen LogP contribution in [0.25, 0.3) is 0 Å². The van der Waals surface area contributed by atoms with Gasteiger partial charge in [-0.2, -0.15) is 11.8 Å². The van der Waals surface area contributed by atoms with Gasteiger partial charge in [0.2, 0.25) is 0 Å². The van der Waals surface area contributed by atoms with E-state index >= 15 is 0 Å². The summed E-state index contributed by atoms with van der Waals surface area (Å²) in [5.74, 6) is 0.248. The number of thioether (sulfide) groups is 1. The summed E-state index contributed by atoms with van der Waals surface area (Å²) in [5, 5.41) is 8.31. The summed E-state index contributed by atoms with van der Waals surface area (Å²) in [4.78, 5) is 10.1. The molecule has 0 aliphatic rings. The Morgan fingerprint density at radius 2 is 2.40 bits per heavy atom. The van der Waals surface area contributed by atoms with E-state index in [0.717, 1.165) is 5.75 Å². The highest BCUT2D eigenvalue weighted by atomic mass is 32.2. The molecule has 56 valence electrons. The van der Waals surface area contributed by atoms with Crippen LogP contribution in [0, 0.1) is 0 Å². The number of nitrogens with two attached hydrogens (primary N) is 1. The largest absolute Gasteiger partial charge is 0.480 e. The lowest BCUT2D eigenvalue weighted by Crippen LogP contribution is -2.32. The van der Waals surface area contributed by atoms with E-state index in [-0.39, 0.29) is 0 Å². The maximum absolute atomic E-state index is 10.1. The van der Waals surface area contributed by atoms with Gasteiger partial charge in [0.25, 0.3) is 0 Å². The highest BCUT2D eigenvalue weighted by Gasteiger charge is 2.09. The third-order valence-corrected chi connectivity index (χ3v) is 2.00. The van der Waals surface area contributed by atoms with Gasteiger partial charge in [-0.3, -0.25) is 4.79 Å². The van der Waals surface area contributed by atoms with Gasteiger partial charge >= 0.3 is 5.97 Å². The Labute approximate surface area is 65.8 Å². The highest BCUT2D eigenvalue weighted by Crippen LogP contribution is 2.02. The molecule has 0 amide bonds. The Bertz CT molecular complexity index is 112. The molecule has 3 N–H and O–H groups in total. The van der Waals surface area contributed by atoms with E-state index in [1.807, 2.05) is 0 Å². The van der Waals surface area contributed by atoms with Gasteiger partial charge < -0.3 is 10.8 Å². The number of carbonyl (C=O) groups is 1. The molecule has 0 unspecified atom stereocenters. The van der Waals surface area contributed by atoms with Crippen LogP contribution in [0.4, 0.5) is 0 Å². The third kappa shape index (κ3) is 4.70. The van der Waals surface area contributed by atoms with Crippen LogP contribution in [0.3, 0.4) is 0 Å². The molecular formula is C5H10BNO2S. The summed E-state index contributed by atoms with van der Waals surface area (Å²) in [6.45, 7) is 0. The van der Waals surface area contributed by atoms with Crippen LogP contribution in [-0.4, -0.2) is 36.5 Å². The Morgan fingerprint density at radius 1 is 1.80 bits per heavy atom. The lowest BCUT2D eigenvalue weighted by Gasteiger charge is -2.03. The van der Waals surface area contributed by atoms with Crippen molar-refractivity contribution in [2.45, 2.75) is 12.4 Å². The zero-order chi connectivity index (χ0) is 7.98. The van der Waals surface area contributed by atoms with Crippen molar-refractivity contribution in [3.05, 3.63) is 0 Å². The zero-order valence-electron chi connectivity index (χ0n) is 5.62. The van der Waals surface area contributed by atoms with Crippen LogP contribution in [0.2, 0.25) is 6.32 Å². The predicted molar refractivity (Wildman–Crippen MR) is 43.5 cm³/mol. The molecular weight excluding hydrogens is 149 g/mol. The number of hydrogen-bond acceptors (Lipinski definition) is 3. The van der Waals surface area contributed by atoms with Crippen LogP contribution in [0.15, 0.2) is 0 Å². The molecule has 3 nitrogen and oxygen atoms in total. The normalized spacial score (nSPS) is 12.9. The number of carboxylic acids is 1. The second-order valence-electron chi connectivity index (χ2n) is 1.81. The highest BCUT2D eigenvalue weighted by molar-refractivity contribution is 7.99. The van der Waals surface area contributed by atoms with Gasteiger partial charge in [0.05, 0.1) is 7.85 Å². The lowest BCUT2D eigenvalue weighted by atomic mass is 10.1. The SMILES string of the molecule is [B]CCSC[C@H](N)C(=O)O. The van der Waals surface area contributed by atoms with Crippen molar-refractivity contribution in [2.24, 2.45) is 5.73 Å². The minimum Gasteiger partial charge on any atom is -0.480 e. The summed E-state index contributed by atoms with van der Waals surface area (Å²) < 4.78 is 0. The molecule has 0 heterocycles. The smallest absolute Gasteiger partial charge is 0.321 e. The van der Waals surface area contributed by atoms with Crippen molar-refractivity contribution in [3.63, 3.8) is 0 Å². The van der Waals surface area contributed by atoms with Gasteiger partial charge in [-0.05, 0) is 5.75 Å². The Hall–Kier alpha value is -0.155. The first-order valence-electron chi connectivity index (χ1n) is 2.94. The average Bonchev–Trinajstić information content (AvgIpc) is 1.88. The van der Waals surface area contributed by atoms with Crippen molar-refractivity contribution < 1.29 is 9.90 Å². The average molecular weight is 159 g/mol. The van der Waals surface area contributed by atoms with Gasteiger partial charge in [-0.1, -0.05) is 6.32 Å². The first-order chi connectivity index (χ1) is 4.68. The first-order valence-corrected chi connectivity index (χ1v) is 4.10. The zero-order valence-corrected chi connectivity index (χ0v) is 6.43. The second kappa shape index (κ2) is 5.62. The molecule has 0 aromatic heterocycles. The van der Waals surface area contributed by atoms with Gasteiger partial charge in [0.15, 0.2) is 0 Å². The summed E-state index contributed by atoms with van der Waals surface area (Å²) in [6, 6.07) is -0.753. The van der Waals surface area contributed by atoms with Crippen LogP contribution in [0.5, 0.6) is 0 Å². The van der Waals surface area contributed by atoms with Crippen molar-refractivity contribution in [2.75, 3.05) is 11.5 Å². The molecule has 0 fully saturated rings. The summed E-state index contributed by atoms with van der Waals surface area (Å²) in [5.41, 5.74) is 5.20. The molecule has 10 heavy (non-hydrogen) atoms. The van der Waals surface area contributed by atoms with E-state index < -0.39 is 12.0 Å². The second-order valence-corrected chi connectivity index (χ2v) is 2.96. The van der Waals surface area contributed by atoms with Crippen LogP contribution in [0.1, 0.15) is 0 Å². The van der Waals surface area contributed by atoms with Gasteiger partial charge in [-0.25, -0.2) is 0 Å². The minimum atomic E-state index is -0.954. The fourth-order valence-electron chi connectivity index (χ4n) is 0.365. The molecule has 0 aliphatic heterocycles. The number of carboxylic acid groups (broad SMARTS) is 1. The maximum atomic E-state index is 10.1. The Morgan fingerprint density at radius 3 is 2.80 bits per heavy atom. The molecule has 0 bridgehead atoms. The van der Waals surface area contributed by atoms with Gasteiger partial charge in [0.1, 0.15) is 6.04 Å². The van der Waals surface area contributed by atoms with E-state index in [1.165, 1.54) is 11.8 Å². The van der Waals surface area contributed by atoms with E-state index in [9.17, 15) is 4.79 Å². The van der Waals surface area contributed by atoms with Crippen molar-refractivity contribution in [1.29, 1.82) is 0 Å². The van der Waals surface area contributed by atoms with E-state index in [2.05, 4.69) is 0 Å². The van der Waals surface area contributed by atoms with Crippen molar-refractivity contribution in [1.82, 2.24) is 0 Å². The first kappa shape index (κ1) is 9.84. The molecule has 2 radical (unpaired) electrons. The standard InChI is InChI=1S/C5H10BNO2S/c6-1-2-10-3-4(7)5(8)9/h4H,1-3,7H2,(H,8,9)/t4-/m0/s1. The van der Waals surface area contributed by atoms with Crippen molar-refractivity contribution >= 4 is 25.6 Å².